The number of nitrogens with zero attached hydrogens (tertiary/aromatic N) is 5. The van der Waals surface area contributed by atoms with E-state index in [4.69, 9.17) is 16.3 Å². The fourth-order valence-corrected chi connectivity index (χ4v) is 2.52. The number of anilines is 4. The van der Waals surface area contributed by atoms with Crippen molar-refractivity contribution in [1.29, 1.82) is 10.5 Å². The first-order chi connectivity index (χ1) is 12.6. The Labute approximate surface area is 154 Å². The molecular weight excluding hydrogens is 326 g/mol. The molecule has 134 valence electrons. The molecule has 26 heavy (non-hydrogen) atoms. The zero-order valence-electron chi connectivity index (χ0n) is 15.1. The normalized spacial score (nSPS) is 10.2. The second kappa shape index (κ2) is 9.24. The van der Waals surface area contributed by atoms with Crippen molar-refractivity contribution in [2.75, 3.05) is 29.0 Å². The first-order valence-electron chi connectivity index (χ1n) is 8.53. The SMILES string of the molecule is CC(C)c1ccc(Nc2ncnc(N(CCC#N)CCC#N)c2N)cc1. The Bertz CT molecular complexity index is 782. The number of nitrogen functional groups attached to an aromatic ring is 1. The fraction of sp³-hybridized carbons (Fsp3) is 0.368. The molecule has 0 unspecified atom stereocenters. The molecule has 0 spiro atoms. The van der Waals surface area contributed by atoms with Crippen molar-refractivity contribution in [3.05, 3.63) is 36.2 Å². The maximum atomic E-state index is 8.85. The van der Waals surface area contributed by atoms with Crippen LogP contribution in [0.2, 0.25) is 0 Å². The third-order valence-corrected chi connectivity index (χ3v) is 3.99. The highest BCUT2D eigenvalue weighted by atomic mass is 15.2. The third-order valence-electron chi connectivity index (χ3n) is 3.99. The molecule has 1 aromatic carbocycles. The Hall–Kier alpha value is -3.32. The maximum absolute atomic E-state index is 8.85. The van der Waals surface area contributed by atoms with E-state index in [9.17, 15) is 0 Å². The van der Waals surface area contributed by atoms with Gasteiger partial charge in [0.25, 0.3) is 0 Å². The first kappa shape index (κ1) is 19.0. The first-order valence-corrected chi connectivity index (χ1v) is 8.53. The number of hydrogen-bond acceptors (Lipinski definition) is 7. The van der Waals surface area contributed by atoms with Gasteiger partial charge >= 0.3 is 0 Å². The molecule has 0 aliphatic carbocycles. The average Bonchev–Trinajstić information content (AvgIpc) is 2.64. The molecule has 0 radical (unpaired) electrons. The van der Waals surface area contributed by atoms with E-state index in [0.717, 1.165) is 5.69 Å². The lowest BCUT2D eigenvalue weighted by Crippen LogP contribution is -2.27. The van der Waals surface area contributed by atoms with E-state index in [-0.39, 0.29) is 0 Å². The van der Waals surface area contributed by atoms with E-state index in [1.807, 2.05) is 17.0 Å². The van der Waals surface area contributed by atoms with Crippen LogP contribution >= 0.6 is 0 Å². The van der Waals surface area contributed by atoms with Crippen molar-refractivity contribution in [3.8, 4) is 12.1 Å². The van der Waals surface area contributed by atoms with Crippen LogP contribution in [0.4, 0.5) is 23.0 Å². The summed E-state index contributed by atoms with van der Waals surface area (Å²) in [5.41, 5.74) is 8.79. The summed E-state index contributed by atoms with van der Waals surface area (Å²) in [7, 11) is 0. The molecule has 0 saturated carbocycles. The van der Waals surface area contributed by atoms with Gasteiger partial charge in [0.15, 0.2) is 11.6 Å². The topological polar surface area (TPSA) is 115 Å². The molecule has 7 nitrogen and oxygen atoms in total. The van der Waals surface area contributed by atoms with Gasteiger partial charge in [-0.3, -0.25) is 0 Å². The molecule has 0 fully saturated rings. The molecule has 1 heterocycles. The molecule has 0 atom stereocenters. The Balaban J connectivity index is 2.24. The van der Waals surface area contributed by atoms with Gasteiger partial charge in [0.2, 0.25) is 0 Å². The van der Waals surface area contributed by atoms with E-state index in [1.165, 1.54) is 11.9 Å². The molecule has 2 rings (SSSR count). The minimum Gasteiger partial charge on any atom is -0.393 e. The van der Waals surface area contributed by atoms with Gasteiger partial charge in [-0.05, 0) is 23.6 Å². The van der Waals surface area contributed by atoms with Crippen LogP contribution in [0.5, 0.6) is 0 Å². The molecule has 0 bridgehead atoms. The quantitative estimate of drug-likeness (QED) is 0.748. The zero-order valence-corrected chi connectivity index (χ0v) is 15.1. The zero-order chi connectivity index (χ0) is 18.9. The van der Waals surface area contributed by atoms with Gasteiger partial charge in [0.1, 0.15) is 12.0 Å². The molecule has 0 saturated heterocycles. The van der Waals surface area contributed by atoms with Crippen LogP contribution in [0.3, 0.4) is 0 Å². The predicted octanol–water partition coefficient (Wildman–Crippen LogP) is 3.56. The molecule has 0 aliphatic rings. The Morgan fingerprint density at radius 2 is 1.69 bits per heavy atom. The molecule has 3 N–H and O–H groups in total. The standard InChI is InChI=1S/C19H23N7/c1-14(2)15-5-7-16(8-6-15)25-18-17(22)19(24-13-23-18)26(11-3-9-20)12-4-10-21/h5-8,13-14H,3-4,11-12,22H2,1-2H3,(H,23,24,25). The highest BCUT2D eigenvalue weighted by Gasteiger charge is 2.15. The van der Waals surface area contributed by atoms with Crippen molar-refractivity contribution in [2.24, 2.45) is 0 Å². The number of nitriles is 2. The minimum absolute atomic E-state index is 0.328. The van der Waals surface area contributed by atoms with Crippen LogP contribution < -0.4 is 16.0 Å². The summed E-state index contributed by atoms with van der Waals surface area (Å²) in [5, 5.41) is 20.9. The van der Waals surface area contributed by atoms with Crippen molar-refractivity contribution in [1.82, 2.24) is 9.97 Å². The Morgan fingerprint density at radius 3 is 2.23 bits per heavy atom. The Kier molecular flexibility index (Phi) is 6.75. The summed E-state index contributed by atoms with van der Waals surface area (Å²) in [5.74, 6) is 1.51. The van der Waals surface area contributed by atoms with Crippen molar-refractivity contribution in [2.45, 2.75) is 32.6 Å². The lowest BCUT2D eigenvalue weighted by Gasteiger charge is -2.23. The van der Waals surface area contributed by atoms with Gasteiger partial charge in [-0.25, -0.2) is 9.97 Å². The highest BCUT2D eigenvalue weighted by Crippen LogP contribution is 2.29. The van der Waals surface area contributed by atoms with Gasteiger partial charge in [-0.2, -0.15) is 10.5 Å². The molecule has 7 heteroatoms. The lowest BCUT2D eigenvalue weighted by atomic mass is 10.0. The van der Waals surface area contributed by atoms with Gasteiger partial charge in [0.05, 0.1) is 25.0 Å². The van der Waals surface area contributed by atoms with E-state index >= 15 is 0 Å². The number of aromatic nitrogens is 2. The number of rotatable bonds is 8. The summed E-state index contributed by atoms with van der Waals surface area (Å²) < 4.78 is 0. The number of nitrogens with one attached hydrogen (secondary N) is 1. The van der Waals surface area contributed by atoms with Crippen LogP contribution in [-0.2, 0) is 0 Å². The van der Waals surface area contributed by atoms with Crippen LogP contribution in [0.15, 0.2) is 30.6 Å². The largest absolute Gasteiger partial charge is 0.393 e. The van der Waals surface area contributed by atoms with Gasteiger partial charge in [0, 0.05) is 18.8 Å². The monoisotopic (exact) mass is 349 g/mol. The third kappa shape index (κ3) is 4.84. The Morgan fingerprint density at radius 1 is 1.08 bits per heavy atom. The summed E-state index contributed by atoms with van der Waals surface area (Å²) in [4.78, 5) is 10.3. The number of nitrogens with two attached hydrogens (primary N) is 1. The minimum atomic E-state index is 0.328. The molecule has 2 aromatic rings. The van der Waals surface area contributed by atoms with E-state index in [0.29, 0.717) is 49.2 Å². The average molecular weight is 349 g/mol. The maximum Gasteiger partial charge on any atom is 0.159 e. The van der Waals surface area contributed by atoms with Crippen LogP contribution in [-0.4, -0.2) is 23.1 Å². The molecule has 1 aromatic heterocycles. The van der Waals surface area contributed by atoms with Crippen molar-refractivity contribution >= 4 is 23.0 Å². The van der Waals surface area contributed by atoms with Gasteiger partial charge < -0.3 is 16.0 Å². The number of hydrogen-bond donors (Lipinski definition) is 2. The molecule has 0 aliphatic heterocycles. The molecule has 0 amide bonds. The fourth-order valence-electron chi connectivity index (χ4n) is 2.52. The van der Waals surface area contributed by atoms with E-state index in [1.54, 1.807) is 0 Å². The highest BCUT2D eigenvalue weighted by molar-refractivity contribution is 5.78. The predicted molar refractivity (Wildman–Crippen MR) is 103 cm³/mol. The molecular formula is C19H23N7. The van der Waals surface area contributed by atoms with Gasteiger partial charge in [-0.1, -0.05) is 26.0 Å². The second-order valence-corrected chi connectivity index (χ2v) is 6.16. The number of benzene rings is 1. The summed E-state index contributed by atoms with van der Waals surface area (Å²) >= 11 is 0. The van der Waals surface area contributed by atoms with Gasteiger partial charge in [-0.15, -0.1) is 0 Å². The van der Waals surface area contributed by atoms with Crippen LogP contribution in [0.25, 0.3) is 0 Å². The lowest BCUT2D eigenvalue weighted by molar-refractivity contribution is 0.782. The summed E-state index contributed by atoms with van der Waals surface area (Å²) in [6, 6.07) is 12.3. The van der Waals surface area contributed by atoms with Crippen molar-refractivity contribution < 1.29 is 0 Å². The smallest absolute Gasteiger partial charge is 0.159 e. The van der Waals surface area contributed by atoms with Crippen LogP contribution in [0, 0.1) is 22.7 Å². The van der Waals surface area contributed by atoms with E-state index < -0.39 is 0 Å². The van der Waals surface area contributed by atoms with E-state index in [2.05, 4.69) is 53.4 Å². The second-order valence-electron chi connectivity index (χ2n) is 6.16. The summed E-state index contributed by atoms with van der Waals surface area (Å²) in [6.45, 7) is 5.21. The van der Waals surface area contributed by atoms with Crippen molar-refractivity contribution in [3.63, 3.8) is 0 Å². The summed E-state index contributed by atoms with van der Waals surface area (Å²) in [6.07, 6.45) is 2.09. The van der Waals surface area contributed by atoms with Crippen LogP contribution in [0.1, 0.15) is 38.2 Å².